The minimum atomic E-state index is -0.624. The molecule has 2 aliphatic heterocycles. The maximum absolute atomic E-state index is 12.9. The Balaban J connectivity index is 2.01. The predicted octanol–water partition coefficient (Wildman–Crippen LogP) is 2.60. The van der Waals surface area contributed by atoms with Crippen molar-refractivity contribution in [1.82, 2.24) is 15.5 Å². The number of carbonyl (C=O) groups is 2. The smallest absolute Gasteiger partial charge is 0.338 e. The van der Waals surface area contributed by atoms with Crippen LogP contribution in [0.2, 0.25) is 0 Å². The molecule has 3 rings (SSSR count). The number of amides is 2. The summed E-state index contributed by atoms with van der Waals surface area (Å²) in [4.78, 5) is 27.6. The Morgan fingerprint density at radius 2 is 2.11 bits per heavy atom. The van der Waals surface area contributed by atoms with Gasteiger partial charge in [0.15, 0.2) is 0 Å². The summed E-state index contributed by atoms with van der Waals surface area (Å²) in [6.07, 6.45) is 2.32. The average molecular weight is 387 g/mol. The third-order valence-corrected chi connectivity index (χ3v) is 5.22. The monoisotopic (exact) mass is 387 g/mol. The topological polar surface area (TPSA) is 79.9 Å². The van der Waals surface area contributed by atoms with Gasteiger partial charge < -0.3 is 20.1 Å². The van der Waals surface area contributed by atoms with Crippen LogP contribution in [0.4, 0.5) is 4.79 Å². The number of ether oxygens (including phenoxy) is 2. The van der Waals surface area contributed by atoms with Crippen molar-refractivity contribution < 1.29 is 19.1 Å². The fraction of sp³-hybridized carbons (Fsp3) is 0.524. The molecule has 2 atom stereocenters. The molecule has 0 bridgehead atoms. The Kier molecular flexibility index (Phi) is 6.57. The van der Waals surface area contributed by atoms with E-state index in [1.165, 1.54) is 6.42 Å². The number of piperidine rings is 1. The highest BCUT2D eigenvalue weighted by Crippen LogP contribution is 2.34. The van der Waals surface area contributed by atoms with E-state index in [4.69, 9.17) is 9.47 Å². The minimum Gasteiger partial charge on any atom is -0.496 e. The van der Waals surface area contributed by atoms with Gasteiger partial charge in [-0.1, -0.05) is 25.1 Å². The summed E-state index contributed by atoms with van der Waals surface area (Å²) >= 11 is 0. The number of urea groups is 1. The van der Waals surface area contributed by atoms with E-state index in [0.29, 0.717) is 29.5 Å². The number of nitrogens with one attached hydrogen (secondary N) is 2. The maximum atomic E-state index is 12.9. The van der Waals surface area contributed by atoms with E-state index in [-0.39, 0.29) is 12.6 Å². The van der Waals surface area contributed by atoms with Crippen LogP contribution in [0, 0.1) is 5.92 Å². The minimum absolute atomic E-state index is 0.267. The summed E-state index contributed by atoms with van der Waals surface area (Å²) in [7, 11) is 1.57. The second kappa shape index (κ2) is 9.10. The van der Waals surface area contributed by atoms with Gasteiger partial charge in [-0.3, -0.25) is 4.90 Å². The SMILES string of the molecule is CCOC(=O)C1=C(CN2CCC[C@@H](C)C2)NC(=O)N[C@@H]1c1ccccc1OC. The average Bonchev–Trinajstić information content (AvgIpc) is 2.67. The normalized spacial score (nSPS) is 23.0. The Labute approximate surface area is 166 Å². The van der Waals surface area contributed by atoms with Crippen LogP contribution < -0.4 is 15.4 Å². The number of rotatable bonds is 6. The van der Waals surface area contributed by atoms with E-state index < -0.39 is 12.0 Å². The zero-order valence-electron chi connectivity index (χ0n) is 16.8. The molecule has 1 aromatic carbocycles. The Morgan fingerprint density at radius 1 is 1.32 bits per heavy atom. The summed E-state index contributed by atoms with van der Waals surface area (Å²) in [5, 5.41) is 5.72. The number of esters is 1. The van der Waals surface area contributed by atoms with Crippen molar-refractivity contribution in [2.75, 3.05) is 33.4 Å². The first-order valence-electron chi connectivity index (χ1n) is 9.86. The van der Waals surface area contributed by atoms with Crippen LogP contribution in [0.1, 0.15) is 38.3 Å². The highest BCUT2D eigenvalue weighted by atomic mass is 16.5. The maximum Gasteiger partial charge on any atom is 0.338 e. The van der Waals surface area contributed by atoms with Gasteiger partial charge in [0.25, 0.3) is 0 Å². The van der Waals surface area contributed by atoms with Crippen molar-refractivity contribution in [3.63, 3.8) is 0 Å². The summed E-state index contributed by atoms with van der Waals surface area (Å²) in [5.41, 5.74) is 1.77. The fourth-order valence-electron chi connectivity index (χ4n) is 3.98. The van der Waals surface area contributed by atoms with Gasteiger partial charge in [0.1, 0.15) is 5.75 Å². The van der Waals surface area contributed by atoms with Gasteiger partial charge in [0.2, 0.25) is 0 Å². The van der Waals surface area contributed by atoms with Crippen molar-refractivity contribution in [3.8, 4) is 5.75 Å². The largest absolute Gasteiger partial charge is 0.496 e. The molecule has 2 N–H and O–H groups in total. The standard InChI is InChI=1S/C21H29N3O4/c1-4-28-20(25)18-16(13-24-11-7-8-14(2)12-24)22-21(26)23-19(18)15-9-5-6-10-17(15)27-3/h5-6,9-10,14,19H,4,7-8,11-13H2,1-3H3,(H2,22,23,26)/t14-,19-/m1/s1. The summed E-state index contributed by atoms with van der Waals surface area (Å²) in [5.74, 6) is 0.788. The number of carbonyl (C=O) groups excluding carboxylic acids is 2. The number of likely N-dealkylation sites (tertiary alicyclic amines) is 1. The Bertz CT molecular complexity index is 762. The van der Waals surface area contributed by atoms with Crippen LogP contribution in [0.25, 0.3) is 0 Å². The molecular weight excluding hydrogens is 358 g/mol. The van der Waals surface area contributed by atoms with Gasteiger partial charge in [-0.2, -0.15) is 0 Å². The predicted molar refractivity (Wildman–Crippen MR) is 106 cm³/mol. The number of methoxy groups -OCH3 is 1. The van der Waals surface area contributed by atoms with E-state index in [9.17, 15) is 9.59 Å². The first-order chi connectivity index (χ1) is 13.5. The molecule has 1 fully saturated rings. The molecule has 2 heterocycles. The lowest BCUT2D eigenvalue weighted by atomic mass is 9.93. The van der Waals surface area contributed by atoms with Crippen molar-refractivity contribution in [2.24, 2.45) is 5.92 Å². The van der Waals surface area contributed by atoms with Gasteiger partial charge in [-0.25, -0.2) is 9.59 Å². The van der Waals surface area contributed by atoms with E-state index in [2.05, 4.69) is 22.5 Å². The third-order valence-electron chi connectivity index (χ3n) is 5.22. The fourth-order valence-corrected chi connectivity index (χ4v) is 3.98. The molecule has 28 heavy (non-hydrogen) atoms. The number of hydrogen-bond acceptors (Lipinski definition) is 5. The van der Waals surface area contributed by atoms with Crippen LogP contribution in [0.3, 0.4) is 0 Å². The first-order valence-corrected chi connectivity index (χ1v) is 9.86. The molecule has 0 unspecified atom stereocenters. The van der Waals surface area contributed by atoms with Crippen molar-refractivity contribution >= 4 is 12.0 Å². The summed E-state index contributed by atoms with van der Waals surface area (Å²) in [6.45, 7) is 6.68. The summed E-state index contributed by atoms with van der Waals surface area (Å²) < 4.78 is 10.8. The lowest BCUT2D eigenvalue weighted by Crippen LogP contribution is -2.49. The molecule has 2 amide bonds. The molecule has 7 heteroatoms. The number of hydrogen-bond donors (Lipinski definition) is 2. The first kappa shape index (κ1) is 20.2. The van der Waals surface area contributed by atoms with Crippen molar-refractivity contribution in [2.45, 2.75) is 32.7 Å². The molecule has 0 aromatic heterocycles. The van der Waals surface area contributed by atoms with E-state index in [1.54, 1.807) is 14.0 Å². The molecule has 7 nitrogen and oxygen atoms in total. The lowest BCUT2D eigenvalue weighted by Gasteiger charge is -2.35. The molecular formula is C21H29N3O4. The zero-order valence-corrected chi connectivity index (χ0v) is 16.8. The lowest BCUT2D eigenvalue weighted by molar-refractivity contribution is -0.139. The Morgan fingerprint density at radius 3 is 2.82 bits per heavy atom. The molecule has 2 aliphatic rings. The highest BCUT2D eigenvalue weighted by Gasteiger charge is 2.36. The number of benzene rings is 1. The summed E-state index contributed by atoms with van der Waals surface area (Å²) in [6, 6.07) is 6.44. The van der Waals surface area contributed by atoms with Gasteiger partial charge in [0, 0.05) is 24.4 Å². The van der Waals surface area contributed by atoms with E-state index in [0.717, 1.165) is 25.1 Å². The molecule has 0 saturated carbocycles. The second-order valence-electron chi connectivity index (χ2n) is 7.37. The number of nitrogens with zero attached hydrogens (tertiary/aromatic N) is 1. The molecule has 1 saturated heterocycles. The third kappa shape index (κ3) is 4.47. The van der Waals surface area contributed by atoms with E-state index >= 15 is 0 Å². The van der Waals surface area contributed by atoms with E-state index in [1.807, 2.05) is 24.3 Å². The van der Waals surface area contributed by atoms with Crippen LogP contribution in [-0.2, 0) is 9.53 Å². The molecule has 1 aromatic rings. The van der Waals surface area contributed by atoms with Crippen LogP contribution >= 0.6 is 0 Å². The molecule has 0 spiro atoms. The van der Waals surface area contributed by atoms with Crippen LogP contribution in [-0.4, -0.2) is 50.3 Å². The van der Waals surface area contributed by atoms with Gasteiger partial charge in [-0.05, 0) is 38.3 Å². The van der Waals surface area contributed by atoms with Crippen molar-refractivity contribution in [1.29, 1.82) is 0 Å². The Hall–Kier alpha value is -2.54. The van der Waals surface area contributed by atoms with Crippen LogP contribution in [0.15, 0.2) is 35.5 Å². The van der Waals surface area contributed by atoms with Gasteiger partial charge in [0.05, 0.1) is 25.3 Å². The van der Waals surface area contributed by atoms with Gasteiger partial charge in [-0.15, -0.1) is 0 Å². The zero-order chi connectivity index (χ0) is 20.1. The quantitative estimate of drug-likeness (QED) is 0.734. The highest BCUT2D eigenvalue weighted by molar-refractivity contribution is 5.95. The van der Waals surface area contributed by atoms with Gasteiger partial charge >= 0.3 is 12.0 Å². The molecule has 0 aliphatic carbocycles. The molecule has 152 valence electrons. The van der Waals surface area contributed by atoms with Crippen molar-refractivity contribution in [3.05, 3.63) is 41.1 Å². The molecule has 0 radical (unpaired) electrons. The van der Waals surface area contributed by atoms with Crippen LogP contribution in [0.5, 0.6) is 5.75 Å². The second-order valence-corrected chi connectivity index (χ2v) is 7.37. The number of para-hydroxylation sites is 1.